The third-order valence-corrected chi connectivity index (χ3v) is 2.66. The molecule has 0 N–H and O–H groups in total. The first kappa shape index (κ1) is 13.2. The van der Waals surface area contributed by atoms with Crippen LogP contribution in [0.5, 0.6) is 0 Å². The lowest BCUT2D eigenvalue weighted by atomic mass is 10.1. The molecule has 3 aromatic rings. The van der Waals surface area contributed by atoms with E-state index in [4.69, 9.17) is 0 Å². The van der Waals surface area contributed by atoms with Crippen LogP contribution in [0.1, 0.15) is 0 Å². The molecular weight excluding hydrogens is 258 g/mol. The van der Waals surface area contributed by atoms with Crippen LogP contribution in [-0.2, 0) is 0 Å². The Kier molecular flexibility index (Phi) is 4.21. The van der Waals surface area contributed by atoms with Crippen LogP contribution in [-0.4, -0.2) is 15.0 Å². The summed E-state index contributed by atoms with van der Waals surface area (Å²) >= 11 is 0. The Morgan fingerprint density at radius 1 is 0.684 bits per heavy atom. The predicted octanol–water partition coefficient (Wildman–Crippen LogP) is 3.63. The second kappa shape index (κ2) is 6.07. The van der Waals surface area contributed by atoms with E-state index < -0.39 is 0 Å². The lowest BCUT2D eigenvalue weighted by molar-refractivity contribution is 1.26. The van der Waals surface area contributed by atoms with E-state index >= 15 is 0 Å². The number of halogens is 1. The van der Waals surface area contributed by atoms with Gasteiger partial charge in [-0.3, -0.25) is 15.0 Å². The number of rotatable bonds is 2. The molecule has 3 nitrogen and oxygen atoms in total. The van der Waals surface area contributed by atoms with Crippen molar-refractivity contribution < 1.29 is 0 Å². The average molecular weight is 270 g/mol. The molecule has 4 heteroatoms. The normalized spacial score (nSPS) is 9.68. The summed E-state index contributed by atoms with van der Waals surface area (Å²) in [7, 11) is 0. The van der Waals surface area contributed by atoms with Gasteiger partial charge in [0.25, 0.3) is 0 Å². The summed E-state index contributed by atoms with van der Waals surface area (Å²) in [6.45, 7) is 0. The van der Waals surface area contributed by atoms with Crippen molar-refractivity contribution in [3.63, 3.8) is 0 Å². The van der Waals surface area contributed by atoms with Crippen molar-refractivity contribution in [2.45, 2.75) is 0 Å². The average Bonchev–Trinajstić information content (AvgIpc) is 2.49. The highest BCUT2D eigenvalue weighted by Crippen LogP contribution is 2.22. The summed E-state index contributed by atoms with van der Waals surface area (Å²) < 4.78 is 0. The summed E-state index contributed by atoms with van der Waals surface area (Å²) in [5.41, 5.74) is 3.84. The fourth-order valence-corrected chi connectivity index (χ4v) is 1.79. The van der Waals surface area contributed by atoms with Gasteiger partial charge in [-0.1, -0.05) is 12.1 Å². The Balaban J connectivity index is 0.00000133. The van der Waals surface area contributed by atoms with Gasteiger partial charge in [-0.2, -0.15) is 0 Å². The van der Waals surface area contributed by atoms with Gasteiger partial charge in [-0.05, 0) is 30.3 Å². The van der Waals surface area contributed by atoms with Crippen LogP contribution < -0.4 is 0 Å². The minimum Gasteiger partial charge on any atom is -0.263 e. The zero-order chi connectivity index (χ0) is 12.2. The smallest absolute Gasteiger partial charge is 0.0717 e. The Morgan fingerprint density at radius 2 is 1.21 bits per heavy atom. The fraction of sp³-hybridized carbons (Fsp3) is 0. The van der Waals surface area contributed by atoms with E-state index in [0.29, 0.717) is 0 Å². The molecule has 0 aliphatic heterocycles. The van der Waals surface area contributed by atoms with Crippen LogP contribution in [0.3, 0.4) is 0 Å². The van der Waals surface area contributed by atoms with E-state index in [2.05, 4.69) is 21.0 Å². The minimum absolute atomic E-state index is 0. The van der Waals surface area contributed by atoms with Crippen molar-refractivity contribution in [3.8, 4) is 22.5 Å². The highest BCUT2D eigenvalue weighted by Gasteiger charge is 2.03. The summed E-state index contributed by atoms with van der Waals surface area (Å²) in [6.07, 6.45) is 7.19. The van der Waals surface area contributed by atoms with E-state index in [9.17, 15) is 0 Å². The molecule has 0 amide bonds. The van der Waals surface area contributed by atoms with Gasteiger partial charge in [0.15, 0.2) is 0 Å². The van der Waals surface area contributed by atoms with Crippen molar-refractivity contribution in [2.24, 2.45) is 0 Å². The van der Waals surface area contributed by atoms with E-state index in [-0.39, 0.29) is 12.4 Å². The Bertz CT molecular complexity index is 587. The van der Waals surface area contributed by atoms with Crippen LogP contribution in [0.2, 0.25) is 0 Å². The molecule has 3 rings (SSSR count). The molecule has 0 aliphatic rings. The number of aromatic nitrogens is 3. The van der Waals surface area contributed by atoms with Gasteiger partial charge in [-0.25, -0.2) is 0 Å². The fourth-order valence-electron chi connectivity index (χ4n) is 1.79. The van der Waals surface area contributed by atoms with E-state index in [1.54, 1.807) is 12.4 Å². The molecule has 0 bridgehead atoms. The molecule has 0 fully saturated rings. The summed E-state index contributed by atoms with van der Waals surface area (Å²) in [6, 6.07) is 13.7. The van der Waals surface area contributed by atoms with Gasteiger partial charge in [0, 0.05) is 35.9 Å². The maximum Gasteiger partial charge on any atom is 0.0717 e. The second-order valence-electron chi connectivity index (χ2n) is 3.89. The number of hydrogen-bond donors (Lipinski definition) is 0. The van der Waals surface area contributed by atoms with Gasteiger partial charge < -0.3 is 0 Å². The SMILES string of the molecule is Cl.c1ccc(-c2cncc(-c3ccccn3)c2)nc1. The van der Waals surface area contributed by atoms with Crippen molar-refractivity contribution >= 4 is 12.4 Å². The van der Waals surface area contributed by atoms with E-state index in [0.717, 1.165) is 22.5 Å². The van der Waals surface area contributed by atoms with Crippen LogP contribution in [0.4, 0.5) is 0 Å². The van der Waals surface area contributed by atoms with Gasteiger partial charge in [-0.15, -0.1) is 12.4 Å². The molecule has 0 aliphatic carbocycles. The summed E-state index contributed by atoms with van der Waals surface area (Å²) in [4.78, 5) is 12.9. The lowest BCUT2D eigenvalue weighted by Gasteiger charge is -2.03. The predicted molar refractivity (Wildman–Crippen MR) is 77.9 cm³/mol. The van der Waals surface area contributed by atoms with Gasteiger partial charge in [0.2, 0.25) is 0 Å². The van der Waals surface area contributed by atoms with E-state index in [1.165, 1.54) is 0 Å². The van der Waals surface area contributed by atoms with Crippen molar-refractivity contribution in [2.75, 3.05) is 0 Å². The first-order valence-corrected chi connectivity index (χ1v) is 5.71. The van der Waals surface area contributed by atoms with Crippen molar-refractivity contribution in [1.29, 1.82) is 0 Å². The molecule has 0 aromatic carbocycles. The molecular formula is C15H12ClN3. The molecule has 0 radical (unpaired) electrons. The van der Waals surface area contributed by atoms with Crippen LogP contribution >= 0.6 is 12.4 Å². The third-order valence-electron chi connectivity index (χ3n) is 2.66. The monoisotopic (exact) mass is 269 g/mol. The van der Waals surface area contributed by atoms with Crippen molar-refractivity contribution in [3.05, 3.63) is 67.3 Å². The third kappa shape index (κ3) is 2.95. The van der Waals surface area contributed by atoms with Crippen molar-refractivity contribution in [1.82, 2.24) is 15.0 Å². The molecule has 19 heavy (non-hydrogen) atoms. The number of pyridine rings is 3. The first-order valence-electron chi connectivity index (χ1n) is 5.71. The molecule has 0 saturated heterocycles. The van der Waals surface area contributed by atoms with E-state index in [1.807, 2.05) is 48.8 Å². The lowest BCUT2D eigenvalue weighted by Crippen LogP contribution is -1.87. The Hall–Kier alpha value is -2.26. The molecule has 94 valence electrons. The van der Waals surface area contributed by atoms with Crippen LogP contribution in [0.15, 0.2) is 67.3 Å². The van der Waals surface area contributed by atoms with Crippen LogP contribution in [0.25, 0.3) is 22.5 Å². The zero-order valence-electron chi connectivity index (χ0n) is 10.1. The van der Waals surface area contributed by atoms with Crippen LogP contribution in [0, 0.1) is 0 Å². The number of hydrogen-bond acceptors (Lipinski definition) is 3. The Morgan fingerprint density at radius 3 is 1.63 bits per heavy atom. The second-order valence-corrected chi connectivity index (χ2v) is 3.89. The quantitative estimate of drug-likeness (QED) is 0.713. The topological polar surface area (TPSA) is 38.7 Å². The molecule has 0 spiro atoms. The maximum absolute atomic E-state index is 4.32. The number of nitrogens with zero attached hydrogens (tertiary/aromatic N) is 3. The maximum atomic E-state index is 4.32. The molecule has 3 heterocycles. The molecule has 0 unspecified atom stereocenters. The zero-order valence-corrected chi connectivity index (χ0v) is 10.9. The molecule has 0 atom stereocenters. The van der Waals surface area contributed by atoms with Gasteiger partial charge in [0.05, 0.1) is 11.4 Å². The Labute approximate surface area is 117 Å². The summed E-state index contributed by atoms with van der Waals surface area (Å²) in [5.74, 6) is 0. The first-order chi connectivity index (χ1) is 8.93. The minimum atomic E-state index is 0. The highest BCUT2D eigenvalue weighted by atomic mass is 35.5. The standard InChI is InChI=1S/C15H11N3.ClH/c1-3-7-17-14(5-1)12-9-13(11-16-10-12)15-6-2-4-8-18-15;/h1-11H;1H. The molecule has 3 aromatic heterocycles. The van der Waals surface area contributed by atoms with Gasteiger partial charge in [0.1, 0.15) is 0 Å². The van der Waals surface area contributed by atoms with Gasteiger partial charge >= 0.3 is 0 Å². The summed E-state index contributed by atoms with van der Waals surface area (Å²) in [5, 5.41) is 0. The largest absolute Gasteiger partial charge is 0.263 e. The molecule has 0 saturated carbocycles. The highest BCUT2D eigenvalue weighted by molar-refractivity contribution is 5.85.